The monoisotopic (exact) mass is 258 g/mol. The first-order chi connectivity index (χ1) is 8.97. The van der Waals surface area contributed by atoms with Crippen molar-refractivity contribution in [3.63, 3.8) is 0 Å². The fourth-order valence-electron chi connectivity index (χ4n) is 1.55. The number of carboxylic acid groups (broad SMARTS) is 1. The Balaban J connectivity index is 0.000000200. The zero-order valence-electron chi connectivity index (χ0n) is 10.8. The molecule has 0 bridgehead atoms. The van der Waals surface area contributed by atoms with Gasteiger partial charge in [0.2, 0.25) is 0 Å². The van der Waals surface area contributed by atoms with Crippen molar-refractivity contribution in [3.05, 3.63) is 59.7 Å². The molecule has 0 unspecified atom stereocenters. The highest BCUT2D eigenvalue weighted by Crippen LogP contribution is 2.06. The fraction of sp³-hybridized carbons (Fsp3) is 0.133. The number of anilines is 2. The molecule has 0 atom stereocenters. The van der Waals surface area contributed by atoms with Gasteiger partial charge in [0.05, 0.1) is 6.42 Å². The van der Waals surface area contributed by atoms with Crippen LogP contribution in [0.2, 0.25) is 0 Å². The zero-order chi connectivity index (χ0) is 14.3. The molecule has 0 aromatic heterocycles. The summed E-state index contributed by atoms with van der Waals surface area (Å²) in [6.45, 7) is 2.02. The Morgan fingerprint density at radius 3 is 2.05 bits per heavy atom. The van der Waals surface area contributed by atoms with E-state index in [1.165, 1.54) is 5.56 Å². The van der Waals surface area contributed by atoms with Gasteiger partial charge in [0, 0.05) is 11.4 Å². The summed E-state index contributed by atoms with van der Waals surface area (Å²) < 4.78 is 0. The number of hydrogen-bond donors (Lipinski definition) is 3. The molecule has 0 aliphatic heterocycles. The van der Waals surface area contributed by atoms with E-state index in [2.05, 4.69) is 0 Å². The van der Waals surface area contributed by atoms with E-state index in [4.69, 9.17) is 16.6 Å². The smallest absolute Gasteiger partial charge is 0.307 e. The van der Waals surface area contributed by atoms with Crippen molar-refractivity contribution >= 4 is 17.3 Å². The summed E-state index contributed by atoms with van der Waals surface area (Å²) in [4.78, 5) is 10.2. The highest BCUT2D eigenvalue weighted by Gasteiger charge is 1.98. The lowest BCUT2D eigenvalue weighted by Crippen LogP contribution is -2.00. The first-order valence-corrected chi connectivity index (χ1v) is 5.85. The minimum Gasteiger partial charge on any atom is -0.481 e. The largest absolute Gasteiger partial charge is 0.481 e. The third-order valence-corrected chi connectivity index (χ3v) is 2.35. The van der Waals surface area contributed by atoms with Crippen LogP contribution in [0.25, 0.3) is 0 Å². The number of nitrogens with two attached hydrogens (primary N) is 2. The second kappa shape index (κ2) is 7.06. The predicted molar refractivity (Wildman–Crippen MR) is 77.8 cm³/mol. The van der Waals surface area contributed by atoms with E-state index in [0.29, 0.717) is 5.69 Å². The minimum absolute atomic E-state index is 0.0328. The average Bonchev–Trinajstić information content (AvgIpc) is 2.28. The summed E-state index contributed by atoms with van der Waals surface area (Å²) in [6, 6.07) is 14.7. The lowest BCUT2D eigenvalue weighted by Gasteiger charge is -1.96. The van der Waals surface area contributed by atoms with Crippen molar-refractivity contribution in [2.75, 3.05) is 11.5 Å². The molecule has 0 saturated carbocycles. The summed E-state index contributed by atoms with van der Waals surface area (Å²) in [5.74, 6) is -0.837. The van der Waals surface area contributed by atoms with E-state index in [-0.39, 0.29) is 6.42 Å². The Morgan fingerprint density at radius 2 is 1.63 bits per heavy atom. The highest BCUT2D eigenvalue weighted by molar-refractivity contribution is 5.70. The first kappa shape index (κ1) is 14.6. The molecule has 0 fully saturated rings. The van der Waals surface area contributed by atoms with Gasteiger partial charge in [-0.05, 0) is 42.3 Å². The second-order valence-corrected chi connectivity index (χ2v) is 4.23. The van der Waals surface area contributed by atoms with Crippen molar-refractivity contribution in [1.82, 2.24) is 0 Å². The third kappa shape index (κ3) is 6.12. The molecule has 19 heavy (non-hydrogen) atoms. The number of carboxylic acids is 1. The van der Waals surface area contributed by atoms with E-state index in [1.807, 2.05) is 31.2 Å². The number of benzene rings is 2. The van der Waals surface area contributed by atoms with Gasteiger partial charge in [0.15, 0.2) is 0 Å². The molecule has 2 rings (SSSR count). The standard InChI is InChI=1S/C8H9NO2.C7H9N/c9-7-3-1-2-6(4-7)5-8(10)11;1-6-3-2-4-7(8)5-6/h1-4H,5,9H2,(H,10,11);2-5H,8H2,1H3. The Kier molecular flexibility index (Phi) is 5.41. The van der Waals surface area contributed by atoms with Crippen molar-refractivity contribution < 1.29 is 9.90 Å². The topological polar surface area (TPSA) is 89.3 Å². The maximum Gasteiger partial charge on any atom is 0.307 e. The van der Waals surface area contributed by atoms with E-state index < -0.39 is 5.97 Å². The number of hydrogen-bond acceptors (Lipinski definition) is 3. The summed E-state index contributed by atoms with van der Waals surface area (Å²) in [7, 11) is 0. The van der Waals surface area contributed by atoms with Crippen LogP contribution in [0.5, 0.6) is 0 Å². The van der Waals surface area contributed by atoms with Crippen LogP contribution >= 0.6 is 0 Å². The summed E-state index contributed by atoms with van der Waals surface area (Å²) >= 11 is 0. The molecule has 2 aromatic rings. The average molecular weight is 258 g/mol. The maximum absolute atomic E-state index is 10.2. The van der Waals surface area contributed by atoms with Crippen LogP contribution in [0.1, 0.15) is 11.1 Å². The lowest BCUT2D eigenvalue weighted by molar-refractivity contribution is -0.136. The quantitative estimate of drug-likeness (QED) is 0.722. The molecule has 4 nitrogen and oxygen atoms in total. The molecule has 0 saturated heterocycles. The molecule has 0 aliphatic rings. The van der Waals surface area contributed by atoms with E-state index in [0.717, 1.165) is 11.3 Å². The lowest BCUT2D eigenvalue weighted by atomic mass is 10.1. The Morgan fingerprint density at radius 1 is 1.05 bits per heavy atom. The molecule has 0 heterocycles. The molecular formula is C15H18N2O2. The number of rotatable bonds is 2. The molecule has 0 amide bonds. The van der Waals surface area contributed by atoms with Crippen molar-refractivity contribution in [1.29, 1.82) is 0 Å². The third-order valence-electron chi connectivity index (χ3n) is 2.35. The molecule has 5 N–H and O–H groups in total. The number of carbonyl (C=O) groups is 1. The molecule has 0 radical (unpaired) electrons. The number of aliphatic carboxylic acids is 1. The Labute approximate surface area is 112 Å². The molecule has 2 aromatic carbocycles. The normalized spacial score (nSPS) is 9.32. The maximum atomic E-state index is 10.2. The van der Waals surface area contributed by atoms with Gasteiger partial charge in [-0.25, -0.2) is 0 Å². The van der Waals surface area contributed by atoms with Gasteiger partial charge in [-0.3, -0.25) is 4.79 Å². The van der Waals surface area contributed by atoms with Crippen LogP contribution in [-0.4, -0.2) is 11.1 Å². The predicted octanol–water partition coefficient (Wildman–Crippen LogP) is 2.47. The van der Waals surface area contributed by atoms with Crippen molar-refractivity contribution in [2.45, 2.75) is 13.3 Å². The number of nitrogen functional groups attached to an aromatic ring is 2. The van der Waals surface area contributed by atoms with Crippen molar-refractivity contribution in [3.8, 4) is 0 Å². The second-order valence-electron chi connectivity index (χ2n) is 4.23. The molecule has 100 valence electrons. The summed E-state index contributed by atoms with van der Waals surface area (Å²) in [5.41, 5.74) is 14.3. The first-order valence-electron chi connectivity index (χ1n) is 5.85. The minimum atomic E-state index is -0.837. The van der Waals surface area contributed by atoms with Crippen LogP contribution in [0.15, 0.2) is 48.5 Å². The summed E-state index contributed by atoms with van der Waals surface area (Å²) in [6.07, 6.45) is 0.0328. The van der Waals surface area contributed by atoms with Crippen molar-refractivity contribution in [2.24, 2.45) is 0 Å². The van der Waals surface area contributed by atoms with Crippen LogP contribution in [-0.2, 0) is 11.2 Å². The van der Waals surface area contributed by atoms with Gasteiger partial charge < -0.3 is 16.6 Å². The van der Waals surface area contributed by atoms with Crippen LogP contribution in [0.3, 0.4) is 0 Å². The fourth-order valence-corrected chi connectivity index (χ4v) is 1.55. The SMILES string of the molecule is Cc1cccc(N)c1.Nc1cccc(CC(=O)O)c1. The van der Waals surface area contributed by atoms with E-state index in [9.17, 15) is 4.79 Å². The zero-order valence-corrected chi connectivity index (χ0v) is 10.8. The van der Waals surface area contributed by atoms with Gasteiger partial charge in [0.1, 0.15) is 0 Å². The van der Waals surface area contributed by atoms with Crippen LogP contribution in [0.4, 0.5) is 11.4 Å². The molecule has 0 spiro atoms. The Bertz CT molecular complexity index is 536. The summed E-state index contributed by atoms with van der Waals surface area (Å²) in [5, 5.41) is 8.42. The van der Waals surface area contributed by atoms with Crippen LogP contribution < -0.4 is 11.5 Å². The van der Waals surface area contributed by atoms with Gasteiger partial charge in [-0.1, -0.05) is 24.3 Å². The van der Waals surface area contributed by atoms with E-state index >= 15 is 0 Å². The van der Waals surface area contributed by atoms with Gasteiger partial charge in [-0.15, -0.1) is 0 Å². The molecule has 4 heteroatoms. The molecule has 0 aliphatic carbocycles. The molecular weight excluding hydrogens is 240 g/mol. The van der Waals surface area contributed by atoms with Gasteiger partial charge >= 0.3 is 5.97 Å². The van der Waals surface area contributed by atoms with E-state index in [1.54, 1.807) is 24.3 Å². The number of aryl methyl sites for hydroxylation is 1. The van der Waals surface area contributed by atoms with Gasteiger partial charge in [-0.2, -0.15) is 0 Å². The van der Waals surface area contributed by atoms with Gasteiger partial charge in [0.25, 0.3) is 0 Å². The van der Waals surface area contributed by atoms with Crippen LogP contribution in [0, 0.1) is 6.92 Å². The highest BCUT2D eigenvalue weighted by atomic mass is 16.4. The Hall–Kier alpha value is -2.49.